The van der Waals surface area contributed by atoms with Gasteiger partial charge in [0.1, 0.15) is 11.0 Å². The largest absolute Gasteiger partial charge is 0.493 e. The summed E-state index contributed by atoms with van der Waals surface area (Å²) in [5.74, 6) is 3.51. The number of ether oxygens (including phenoxy) is 6. The smallest absolute Gasteiger partial charge is 0.205 e. The van der Waals surface area contributed by atoms with E-state index in [1.807, 2.05) is 12.1 Å². The monoisotopic (exact) mass is 548 g/mol. The lowest BCUT2D eigenvalue weighted by atomic mass is 10.1. The summed E-state index contributed by atoms with van der Waals surface area (Å²) in [6.45, 7) is 5.26. The highest BCUT2D eigenvalue weighted by Gasteiger charge is 2.22. The third kappa shape index (κ3) is 5.24. The van der Waals surface area contributed by atoms with E-state index in [0.717, 1.165) is 72.5 Å². The van der Waals surface area contributed by atoms with Crippen LogP contribution in [0.4, 0.5) is 0 Å². The maximum atomic E-state index is 5.66. The molecule has 40 heavy (non-hydrogen) atoms. The number of rotatable bonds is 10. The quantitative estimate of drug-likeness (QED) is 0.288. The molecule has 1 aliphatic heterocycles. The maximum Gasteiger partial charge on any atom is 0.205 e. The first-order chi connectivity index (χ1) is 19.5. The minimum Gasteiger partial charge on any atom is -0.493 e. The lowest BCUT2D eigenvalue weighted by Gasteiger charge is -2.34. The first kappa shape index (κ1) is 27.5. The van der Waals surface area contributed by atoms with E-state index in [-0.39, 0.29) is 0 Å². The minimum absolute atomic E-state index is 0.549. The number of pyridine rings is 2. The van der Waals surface area contributed by atoms with Gasteiger partial charge in [0.05, 0.1) is 54.0 Å². The van der Waals surface area contributed by atoms with Crippen LogP contribution in [0.5, 0.6) is 34.5 Å². The molecule has 5 rings (SSSR count). The Morgan fingerprint density at radius 2 is 0.900 bits per heavy atom. The van der Waals surface area contributed by atoms with E-state index in [0.29, 0.717) is 34.5 Å². The van der Waals surface area contributed by atoms with Crippen molar-refractivity contribution in [1.82, 2.24) is 19.8 Å². The van der Waals surface area contributed by atoms with Crippen LogP contribution < -0.4 is 28.4 Å². The molecule has 10 heteroatoms. The van der Waals surface area contributed by atoms with Crippen LogP contribution in [0.1, 0.15) is 11.4 Å². The number of hydrogen-bond donors (Lipinski definition) is 0. The fraction of sp³-hybridized carbons (Fsp3) is 0.400. The first-order valence-electron chi connectivity index (χ1n) is 13.1. The van der Waals surface area contributed by atoms with Crippen molar-refractivity contribution in [2.24, 2.45) is 0 Å². The van der Waals surface area contributed by atoms with E-state index < -0.39 is 0 Å². The molecular formula is C30H36N4O6. The third-order valence-electron chi connectivity index (χ3n) is 7.32. The van der Waals surface area contributed by atoms with Crippen molar-refractivity contribution in [2.75, 3.05) is 68.8 Å². The molecule has 0 unspecified atom stereocenters. The summed E-state index contributed by atoms with van der Waals surface area (Å²) in [5, 5.41) is 1.89. The van der Waals surface area contributed by atoms with Crippen LogP contribution in [0.15, 0.2) is 36.4 Å². The summed E-state index contributed by atoms with van der Waals surface area (Å²) in [4.78, 5) is 14.7. The van der Waals surface area contributed by atoms with Gasteiger partial charge in [-0.05, 0) is 24.3 Å². The second-order valence-corrected chi connectivity index (χ2v) is 9.59. The summed E-state index contributed by atoms with van der Waals surface area (Å²) >= 11 is 0. The topological polar surface area (TPSA) is 87.6 Å². The van der Waals surface area contributed by atoms with E-state index in [4.69, 9.17) is 38.4 Å². The van der Waals surface area contributed by atoms with Crippen LogP contribution in [-0.2, 0) is 13.1 Å². The maximum absolute atomic E-state index is 5.66. The van der Waals surface area contributed by atoms with E-state index >= 15 is 0 Å². The van der Waals surface area contributed by atoms with E-state index in [1.54, 1.807) is 42.7 Å². The average Bonchev–Trinajstić information content (AvgIpc) is 2.99. The zero-order valence-electron chi connectivity index (χ0n) is 23.9. The fourth-order valence-corrected chi connectivity index (χ4v) is 5.28. The van der Waals surface area contributed by atoms with Crippen LogP contribution in [0.2, 0.25) is 0 Å². The van der Waals surface area contributed by atoms with Gasteiger partial charge in [-0.1, -0.05) is 12.1 Å². The molecule has 0 aliphatic carbocycles. The Balaban J connectivity index is 1.27. The zero-order valence-corrected chi connectivity index (χ0v) is 23.9. The highest BCUT2D eigenvalue weighted by molar-refractivity contribution is 5.90. The van der Waals surface area contributed by atoms with Gasteiger partial charge in [-0.2, -0.15) is 0 Å². The normalized spacial score (nSPS) is 14.3. The van der Waals surface area contributed by atoms with Gasteiger partial charge in [-0.15, -0.1) is 0 Å². The standard InChI is InChI=1S/C30H36N4O6/c1-35-23-15-19-7-9-21(31-25(19)29(39-5)27(23)37-3)17-33-11-13-34(14-12-33)18-22-10-8-20-16-24(36-2)28(38-4)30(40-6)26(20)32-22/h7-10,15-16H,11-14,17-18H2,1-6H3. The average molecular weight is 549 g/mol. The van der Waals surface area contributed by atoms with Crippen molar-refractivity contribution in [3.05, 3.63) is 47.8 Å². The second-order valence-electron chi connectivity index (χ2n) is 9.59. The number of aromatic nitrogens is 2. The summed E-state index contributed by atoms with van der Waals surface area (Å²) in [6, 6.07) is 12.1. The predicted octanol–water partition coefficient (Wildman–Crippen LogP) is 4.15. The summed E-state index contributed by atoms with van der Waals surface area (Å²) < 4.78 is 33.4. The number of piperazine rings is 1. The molecule has 0 atom stereocenters. The summed E-state index contributed by atoms with van der Waals surface area (Å²) in [5.41, 5.74) is 3.50. The summed E-state index contributed by atoms with van der Waals surface area (Å²) in [7, 11) is 9.69. The Bertz CT molecular complexity index is 1390. The van der Waals surface area contributed by atoms with Crippen molar-refractivity contribution in [3.63, 3.8) is 0 Å². The molecule has 2 aromatic carbocycles. The van der Waals surface area contributed by atoms with Gasteiger partial charge in [0, 0.05) is 50.0 Å². The number of benzene rings is 2. The zero-order chi connectivity index (χ0) is 28.2. The van der Waals surface area contributed by atoms with Crippen molar-refractivity contribution in [2.45, 2.75) is 13.1 Å². The highest BCUT2D eigenvalue weighted by atomic mass is 16.5. The lowest BCUT2D eigenvalue weighted by Crippen LogP contribution is -2.45. The molecule has 2 aromatic heterocycles. The van der Waals surface area contributed by atoms with Crippen LogP contribution in [0, 0.1) is 0 Å². The van der Waals surface area contributed by atoms with Gasteiger partial charge < -0.3 is 28.4 Å². The SMILES string of the molecule is COc1cc2ccc(CN3CCN(Cc4ccc5cc(OC)c(OC)c(OC)c5n4)CC3)nc2c(OC)c1OC. The second kappa shape index (κ2) is 12.0. The molecule has 1 aliphatic rings. The molecule has 1 saturated heterocycles. The molecule has 0 spiro atoms. The Kier molecular flexibility index (Phi) is 8.27. The molecule has 0 bridgehead atoms. The van der Waals surface area contributed by atoms with Crippen LogP contribution in [-0.4, -0.2) is 88.6 Å². The molecule has 0 N–H and O–H groups in total. The number of nitrogens with zero attached hydrogens (tertiary/aromatic N) is 4. The molecule has 10 nitrogen and oxygen atoms in total. The van der Waals surface area contributed by atoms with Gasteiger partial charge >= 0.3 is 0 Å². The van der Waals surface area contributed by atoms with E-state index in [9.17, 15) is 0 Å². The molecule has 212 valence electrons. The predicted molar refractivity (Wildman–Crippen MR) is 153 cm³/mol. The Morgan fingerprint density at radius 3 is 1.23 bits per heavy atom. The van der Waals surface area contributed by atoms with Crippen LogP contribution in [0.25, 0.3) is 21.8 Å². The highest BCUT2D eigenvalue weighted by Crippen LogP contribution is 2.43. The Hall–Kier alpha value is -4.02. The van der Waals surface area contributed by atoms with Crippen molar-refractivity contribution < 1.29 is 28.4 Å². The van der Waals surface area contributed by atoms with Crippen LogP contribution >= 0.6 is 0 Å². The van der Waals surface area contributed by atoms with Crippen molar-refractivity contribution in [3.8, 4) is 34.5 Å². The molecule has 0 saturated carbocycles. The Labute approximate surface area is 234 Å². The van der Waals surface area contributed by atoms with Crippen LogP contribution in [0.3, 0.4) is 0 Å². The molecule has 0 amide bonds. The van der Waals surface area contributed by atoms with Gasteiger partial charge in [0.2, 0.25) is 11.5 Å². The van der Waals surface area contributed by atoms with Gasteiger partial charge in [0.25, 0.3) is 0 Å². The first-order valence-corrected chi connectivity index (χ1v) is 13.1. The number of fused-ring (bicyclic) bond motifs is 2. The van der Waals surface area contributed by atoms with Gasteiger partial charge in [-0.25, -0.2) is 9.97 Å². The molecule has 0 radical (unpaired) electrons. The lowest BCUT2D eigenvalue weighted by molar-refractivity contribution is 0.120. The third-order valence-corrected chi connectivity index (χ3v) is 7.32. The number of methoxy groups -OCH3 is 6. The molecule has 3 heterocycles. The van der Waals surface area contributed by atoms with Crippen molar-refractivity contribution >= 4 is 21.8 Å². The van der Waals surface area contributed by atoms with Crippen molar-refractivity contribution in [1.29, 1.82) is 0 Å². The summed E-state index contributed by atoms with van der Waals surface area (Å²) in [6.07, 6.45) is 0. The van der Waals surface area contributed by atoms with E-state index in [2.05, 4.69) is 34.1 Å². The van der Waals surface area contributed by atoms with Gasteiger partial charge in [0.15, 0.2) is 23.0 Å². The molecule has 1 fully saturated rings. The molecule has 4 aromatic rings. The Morgan fingerprint density at radius 1 is 0.525 bits per heavy atom. The number of hydrogen-bond acceptors (Lipinski definition) is 10. The van der Waals surface area contributed by atoms with E-state index in [1.165, 1.54) is 0 Å². The fourth-order valence-electron chi connectivity index (χ4n) is 5.28. The molecular weight excluding hydrogens is 512 g/mol. The van der Waals surface area contributed by atoms with Gasteiger partial charge in [-0.3, -0.25) is 9.80 Å². The minimum atomic E-state index is 0.549.